The molecule has 4 aromatic rings. The van der Waals surface area contributed by atoms with Crippen molar-refractivity contribution in [1.29, 1.82) is 0 Å². The number of carbonyl (C=O) groups excluding carboxylic acids is 1. The summed E-state index contributed by atoms with van der Waals surface area (Å²) in [5.74, 6) is -0.565. The molecule has 140 valence electrons. The number of benzene rings is 2. The third-order valence-corrected chi connectivity index (χ3v) is 5.05. The second-order valence-corrected chi connectivity index (χ2v) is 7.27. The topological polar surface area (TPSA) is 59.8 Å². The lowest BCUT2D eigenvalue weighted by Gasteiger charge is -2.08. The van der Waals surface area contributed by atoms with E-state index in [2.05, 4.69) is 31.3 Å². The molecule has 2 aromatic carbocycles. The van der Waals surface area contributed by atoms with Gasteiger partial charge in [-0.1, -0.05) is 17.7 Å². The summed E-state index contributed by atoms with van der Waals surface area (Å²) in [6, 6.07) is 13.1. The van der Waals surface area contributed by atoms with Gasteiger partial charge in [-0.2, -0.15) is 5.10 Å². The minimum absolute atomic E-state index is 0.247. The molecule has 0 aliphatic heterocycles. The number of nitrogens with zero attached hydrogens (tertiary/aromatic N) is 3. The first kappa shape index (κ1) is 18.6. The fraction of sp³-hybridized carbons (Fsp3) is 0.0500. The number of carbonyl (C=O) groups is 1. The van der Waals surface area contributed by atoms with E-state index in [0.717, 1.165) is 5.52 Å². The summed E-state index contributed by atoms with van der Waals surface area (Å²) >= 11 is 9.43. The summed E-state index contributed by atoms with van der Waals surface area (Å²) in [6.07, 6.45) is 3.24. The summed E-state index contributed by atoms with van der Waals surface area (Å²) in [5.41, 5.74) is 2.67. The van der Waals surface area contributed by atoms with Crippen molar-refractivity contribution >= 4 is 44.3 Å². The lowest BCUT2D eigenvalue weighted by molar-refractivity contribution is 0.0952. The molecule has 0 aliphatic carbocycles. The van der Waals surface area contributed by atoms with Crippen LogP contribution < -0.4 is 5.32 Å². The monoisotopic (exact) mass is 458 g/mol. The second-order valence-electron chi connectivity index (χ2n) is 6.05. The van der Waals surface area contributed by atoms with Gasteiger partial charge in [0, 0.05) is 28.7 Å². The maximum atomic E-state index is 13.2. The summed E-state index contributed by atoms with van der Waals surface area (Å²) in [5, 5.41) is 8.43. The van der Waals surface area contributed by atoms with Gasteiger partial charge in [-0.3, -0.25) is 4.79 Å². The highest BCUT2D eigenvalue weighted by molar-refractivity contribution is 9.10. The maximum absolute atomic E-state index is 13.2. The van der Waals surface area contributed by atoms with Crippen molar-refractivity contribution in [3.63, 3.8) is 0 Å². The molecule has 0 fully saturated rings. The first-order valence-electron chi connectivity index (χ1n) is 8.34. The summed E-state index contributed by atoms with van der Waals surface area (Å²) in [4.78, 5) is 16.9. The van der Waals surface area contributed by atoms with Crippen molar-refractivity contribution in [1.82, 2.24) is 20.1 Å². The highest BCUT2D eigenvalue weighted by atomic mass is 79.9. The van der Waals surface area contributed by atoms with Crippen molar-refractivity contribution < 1.29 is 9.18 Å². The molecule has 0 aliphatic rings. The van der Waals surface area contributed by atoms with Crippen LogP contribution in [-0.4, -0.2) is 20.7 Å². The highest BCUT2D eigenvalue weighted by Gasteiger charge is 2.14. The molecule has 2 heterocycles. The molecule has 1 N–H and O–H groups in total. The van der Waals surface area contributed by atoms with Crippen LogP contribution in [0.1, 0.15) is 15.9 Å². The number of pyridine rings is 1. The Kier molecular flexibility index (Phi) is 5.11. The number of amides is 1. The van der Waals surface area contributed by atoms with Gasteiger partial charge in [-0.25, -0.2) is 14.1 Å². The van der Waals surface area contributed by atoms with Crippen LogP contribution in [0.4, 0.5) is 4.39 Å². The predicted molar refractivity (Wildman–Crippen MR) is 109 cm³/mol. The van der Waals surface area contributed by atoms with E-state index in [9.17, 15) is 9.18 Å². The first-order valence-corrected chi connectivity index (χ1v) is 9.51. The van der Waals surface area contributed by atoms with Crippen LogP contribution in [-0.2, 0) is 6.54 Å². The van der Waals surface area contributed by atoms with Crippen molar-refractivity contribution in [3.05, 3.63) is 87.5 Å². The Bertz CT molecular complexity index is 1180. The molecule has 0 bridgehead atoms. The first-order chi connectivity index (χ1) is 13.5. The van der Waals surface area contributed by atoms with Gasteiger partial charge in [-0.15, -0.1) is 0 Å². The third-order valence-electron chi connectivity index (χ3n) is 4.27. The molecule has 2 aromatic heterocycles. The average Bonchev–Trinajstić information content (AvgIpc) is 3.12. The van der Waals surface area contributed by atoms with Gasteiger partial charge in [0.15, 0.2) is 0 Å². The number of hydrogen-bond donors (Lipinski definition) is 1. The molecule has 0 saturated carbocycles. The van der Waals surface area contributed by atoms with Gasteiger partial charge >= 0.3 is 0 Å². The van der Waals surface area contributed by atoms with E-state index in [1.54, 1.807) is 47.4 Å². The molecule has 28 heavy (non-hydrogen) atoms. The van der Waals surface area contributed by atoms with Gasteiger partial charge in [-0.05, 0) is 58.4 Å². The van der Waals surface area contributed by atoms with Gasteiger partial charge in [0.1, 0.15) is 10.4 Å². The quantitative estimate of drug-likeness (QED) is 0.441. The van der Waals surface area contributed by atoms with Crippen LogP contribution >= 0.6 is 27.5 Å². The molecule has 0 spiro atoms. The van der Waals surface area contributed by atoms with Gasteiger partial charge in [0.25, 0.3) is 5.91 Å². The van der Waals surface area contributed by atoms with Crippen LogP contribution in [0.15, 0.2) is 65.5 Å². The Hall–Kier alpha value is -2.77. The molecule has 0 radical (unpaired) electrons. The number of hydrogen-bond acceptors (Lipinski definition) is 3. The van der Waals surface area contributed by atoms with Gasteiger partial charge in [0.2, 0.25) is 0 Å². The zero-order valence-electron chi connectivity index (χ0n) is 14.4. The van der Waals surface area contributed by atoms with E-state index in [4.69, 9.17) is 11.6 Å². The maximum Gasteiger partial charge on any atom is 0.252 e. The van der Waals surface area contributed by atoms with Crippen molar-refractivity contribution in [2.45, 2.75) is 6.54 Å². The summed E-state index contributed by atoms with van der Waals surface area (Å²) in [6.45, 7) is 0.250. The lowest BCUT2D eigenvalue weighted by Crippen LogP contribution is -2.23. The molecule has 1 amide bonds. The molecule has 0 atom stereocenters. The number of halogens is 3. The van der Waals surface area contributed by atoms with Crippen LogP contribution in [0.25, 0.3) is 16.6 Å². The normalized spacial score (nSPS) is 11.0. The van der Waals surface area contributed by atoms with Crippen LogP contribution in [0, 0.1) is 5.82 Å². The summed E-state index contributed by atoms with van der Waals surface area (Å²) in [7, 11) is 0. The van der Waals surface area contributed by atoms with Crippen molar-refractivity contribution in [3.8, 4) is 5.69 Å². The Morgan fingerprint density at radius 2 is 1.96 bits per heavy atom. The van der Waals surface area contributed by atoms with Crippen molar-refractivity contribution in [2.75, 3.05) is 0 Å². The van der Waals surface area contributed by atoms with Crippen LogP contribution in [0.3, 0.4) is 0 Å². The van der Waals surface area contributed by atoms with Gasteiger partial charge in [0.05, 0.1) is 23.0 Å². The fourth-order valence-corrected chi connectivity index (χ4v) is 3.56. The Morgan fingerprint density at radius 3 is 2.71 bits per heavy atom. The van der Waals surface area contributed by atoms with Crippen molar-refractivity contribution in [2.24, 2.45) is 0 Å². The standard InChI is InChI=1S/C20H13BrClFN4O/c21-19-8-17(22)12(9-24-19)10-25-20(28)15-2-1-3-18-16(15)11-26-27(18)14-6-4-13(23)5-7-14/h1-9,11H,10H2,(H,25,28). The molecule has 8 heteroatoms. The molecule has 4 rings (SSSR count). The number of aromatic nitrogens is 3. The Balaban J connectivity index is 1.62. The SMILES string of the molecule is O=C(NCc1cnc(Br)cc1Cl)c1cccc2c1cnn2-c1ccc(F)cc1. The zero-order valence-corrected chi connectivity index (χ0v) is 16.7. The summed E-state index contributed by atoms with van der Waals surface area (Å²) < 4.78 is 15.5. The molecule has 5 nitrogen and oxygen atoms in total. The van der Waals surface area contributed by atoms with E-state index in [1.165, 1.54) is 12.1 Å². The largest absolute Gasteiger partial charge is 0.348 e. The van der Waals surface area contributed by atoms with Gasteiger partial charge < -0.3 is 5.32 Å². The number of nitrogens with one attached hydrogen (secondary N) is 1. The predicted octanol–water partition coefficient (Wildman–Crippen LogP) is 4.91. The van der Waals surface area contributed by atoms with E-state index in [0.29, 0.717) is 31.8 Å². The molecule has 0 unspecified atom stereocenters. The van der Waals surface area contributed by atoms with Crippen LogP contribution in [0.5, 0.6) is 0 Å². The Morgan fingerprint density at radius 1 is 1.18 bits per heavy atom. The zero-order chi connectivity index (χ0) is 19.7. The van der Waals surface area contributed by atoms with E-state index >= 15 is 0 Å². The number of rotatable bonds is 4. The van der Waals surface area contributed by atoms with E-state index < -0.39 is 0 Å². The average molecular weight is 460 g/mol. The smallest absolute Gasteiger partial charge is 0.252 e. The minimum Gasteiger partial charge on any atom is -0.348 e. The third kappa shape index (κ3) is 3.63. The number of fused-ring (bicyclic) bond motifs is 1. The highest BCUT2D eigenvalue weighted by Crippen LogP contribution is 2.23. The van der Waals surface area contributed by atoms with E-state index in [-0.39, 0.29) is 18.3 Å². The molecular formula is C20H13BrClFN4O. The minimum atomic E-state index is -0.318. The molecular weight excluding hydrogens is 447 g/mol. The molecule has 0 saturated heterocycles. The Labute approximate surface area is 173 Å². The van der Waals surface area contributed by atoms with E-state index in [1.807, 2.05) is 6.07 Å². The second kappa shape index (κ2) is 7.69. The lowest BCUT2D eigenvalue weighted by atomic mass is 10.1. The fourth-order valence-electron chi connectivity index (χ4n) is 2.87. The van der Waals surface area contributed by atoms with Crippen LogP contribution in [0.2, 0.25) is 5.02 Å².